The van der Waals surface area contributed by atoms with Crippen molar-refractivity contribution in [2.24, 2.45) is 0 Å². The minimum atomic E-state index is -4.82. The van der Waals surface area contributed by atoms with E-state index >= 15 is 0 Å². The molecule has 1 aliphatic heterocycles. The second kappa shape index (κ2) is 10.4. The molecule has 2 aromatic carbocycles. The molecule has 1 fully saturated rings. The maximum absolute atomic E-state index is 13.6. The van der Waals surface area contributed by atoms with Gasteiger partial charge in [0.1, 0.15) is 11.5 Å². The van der Waals surface area contributed by atoms with E-state index in [1.54, 1.807) is 6.07 Å². The highest BCUT2D eigenvalue weighted by Crippen LogP contribution is 2.33. The molecule has 0 radical (unpaired) electrons. The average Bonchev–Trinajstić information content (AvgIpc) is 3.36. The quantitative estimate of drug-likeness (QED) is 0.508. The van der Waals surface area contributed by atoms with Crippen LogP contribution in [0.25, 0.3) is 11.3 Å². The largest absolute Gasteiger partial charge is 0.417 e. The van der Waals surface area contributed by atoms with Crippen LogP contribution in [0, 0.1) is 12.7 Å². The summed E-state index contributed by atoms with van der Waals surface area (Å²) in [6.07, 6.45) is -4.82. The van der Waals surface area contributed by atoms with Gasteiger partial charge in [0.25, 0.3) is 11.8 Å². The van der Waals surface area contributed by atoms with Crippen molar-refractivity contribution in [2.75, 3.05) is 32.7 Å². The molecular formula is C25H23F4N5O3. The van der Waals surface area contributed by atoms with Gasteiger partial charge in [-0.05, 0) is 36.8 Å². The van der Waals surface area contributed by atoms with Crippen LogP contribution in [0.3, 0.4) is 0 Å². The van der Waals surface area contributed by atoms with Crippen LogP contribution < -0.4 is 5.32 Å². The summed E-state index contributed by atoms with van der Waals surface area (Å²) in [5.74, 6) is -2.86. The zero-order chi connectivity index (χ0) is 26.7. The number of carbonyl (C=O) groups is 3. The lowest BCUT2D eigenvalue weighted by Gasteiger charge is -2.35. The molecule has 0 saturated carbocycles. The van der Waals surface area contributed by atoms with Crippen LogP contribution in [0.1, 0.15) is 32.0 Å². The molecule has 1 aliphatic rings. The Kier molecular flexibility index (Phi) is 7.28. The number of halogens is 4. The second-order valence-corrected chi connectivity index (χ2v) is 8.53. The second-order valence-electron chi connectivity index (χ2n) is 8.53. The van der Waals surface area contributed by atoms with Gasteiger partial charge in [-0.15, -0.1) is 0 Å². The number of nitrogens with one attached hydrogen (secondary N) is 2. The molecule has 0 unspecified atom stereocenters. The summed E-state index contributed by atoms with van der Waals surface area (Å²) in [5, 5.41) is 9.32. The van der Waals surface area contributed by atoms with E-state index in [1.807, 2.05) is 31.2 Å². The Morgan fingerprint density at radius 3 is 2.35 bits per heavy atom. The Bertz CT molecular complexity index is 1330. The molecule has 2 N–H and O–H groups in total. The Balaban J connectivity index is 1.31. The number of hydrogen-bond donors (Lipinski definition) is 2. The molecule has 0 atom stereocenters. The van der Waals surface area contributed by atoms with E-state index in [0.717, 1.165) is 16.0 Å². The highest BCUT2D eigenvalue weighted by molar-refractivity contribution is 5.97. The zero-order valence-corrected chi connectivity index (χ0v) is 19.7. The van der Waals surface area contributed by atoms with Gasteiger partial charge in [-0.2, -0.15) is 18.3 Å². The van der Waals surface area contributed by atoms with Crippen molar-refractivity contribution in [1.82, 2.24) is 25.3 Å². The third-order valence-electron chi connectivity index (χ3n) is 6.08. The number of aromatic amines is 1. The third kappa shape index (κ3) is 5.79. The molecule has 2 heterocycles. The van der Waals surface area contributed by atoms with E-state index in [9.17, 15) is 31.9 Å². The van der Waals surface area contributed by atoms with Crippen LogP contribution in [0.5, 0.6) is 0 Å². The van der Waals surface area contributed by atoms with E-state index in [2.05, 4.69) is 15.5 Å². The van der Waals surface area contributed by atoms with Crippen LogP contribution >= 0.6 is 0 Å². The fraction of sp³-hybridized carbons (Fsp3) is 0.280. The lowest BCUT2D eigenvalue weighted by atomic mass is 10.0. The van der Waals surface area contributed by atoms with Gasteiger partial charge in [0, 0.05) is 31.7 Å². The van der Waals surface area contributed by atoms with Crippen LogP contribution in [-0.2, 0) is 11.0 Å². The average molecular weight is 517 g/mol. The number of piperazine rings is 1. The first-order chi connectivity index (χ1) is 17.5. The smallest absolute Gasteiger partial charge is 0.342 e. The molecule has 3 amide bonds. The molecule has 1 aromatic heterocycles. The number of amides is 3. The van der Waals surface area contributed by atoms with Gasteiger partial charge in [-0.25, -0.2) is 4.39 Å². The number of rotatable bonds is 5. The number of nitrogens with zero attached hydrogens (tertiary/aromatic N) is 3. The minimum Gasteiger partial charge on any atom is -0.342 e. The summed E-state index contributed by atoms with van der Waals surface area (Å²) in [4.78, 5) is 40.3. The van der Waals surface area contributed by atoms with Gasteiger partial charge < -0.3 is 15.1 Å². The van der Waals surface area contributed by atoms with Crippen LogP contribution in [0.2, 0.25) is 0 Å². The van der Waals surface area contributed by atoms with Crippen molar-refractivity contribution < 1.29 is 31.9 Å². The third-order valence-corrected chi connectivity index (χ3v) is 6.08. The standard InChI is InChI=1S/C25H23F4N5O3/c1-15-4-2-3-5-17(15)20-13-21(32-31-20)23(36)30-14-22(35)33-8-10-34(11-9-33)24(37)18-12-16(26)6-7-19(18)25(27,28)29/h2-7,12-13H,8-11,14H2,1H3,(H,30,36)(H,31,32). The number of carbonyl (C=O) groups excluding carboxylic acids is 3. The lowest BCUT2D eigenvalue weighted by molar-refractivity contribution is -0.138. The molecule has 4 rings (SSSR count). The first-order valence-corrected chi connectivity index (χ1v) is 11.4. The molecule has 194 valence electrons. The van der Waals surface area contributed by atoms with Crippen molar-refractivity contribution >= 4 is 17.7 Å². The highest BCUT2D eigenvalue weighted by Gasteiger charge is 2.37. The molecule has 0 spiro atoms. The lowest BCUT2D eigenvalue weighted by Crippen LogP contribution is -2.52. The van der Waals surface area contributed by atoms with Crippen LogP contribution in [-0.4, -0.2) is 70.4 Å². The predicted octanol–water partition coefficient (Wildman–Crippen LogP) is 3.26. The number of aryl methyl sites for hydroxylation is 1. The number of alkyl halides is 3. The zero-order valence-electron chi connectivity index (χ0n) is 19.7. The molecule has 0 bridgehead atoms. The predicted molar refractivity (Wildman–Crippen MR) is 125 cm³/mol. The first kappa shape index (κ1) is 25.9. The SMILES string of the molecule is Cc1ccccc1-c1cc(C(=O)NCC(=O)N2CCN(C(=O)c3cc(F)ccc3C(F)(F)F)CC2)[nH]n1. The summed E-state index contributed by atoms with van der Waals surface area (Å²) in [6.45, 7) is 1.65. The summed E-state index contributed by atoms with van der Waals surface area (Å²) in [7, 11) is 0. The summed E-state index contributed by atoms with van der Waals surface area (Å²) < 4.78 is 53.4. The number of aromatic nitrogens is 2. The number of hydrogen-bond acceptors (Lipinski definition) is 4. The molecule has 8 nitrogen and oxygen atoms in total. The van der Waals surface area contributed by atoms with Gasteiger partial charge in [0.2, 0.25) is 5.91 Å². The number of benzene rings is 2. The van der Waals surface area contributed by atoms with Gasteiger partial charge in [-0.3, -0.25) is 19.5 Å². The molecular weight excluding hydrogens is 494 g/mol. The molecule has 0 aliphatic carbocycles. The van der Waals surface area contributed by atoms with E-state index in [-0.39, 0.29) is 38.4 Å². The molecule has 37 heavy (non-hydrogen) atoms. The molecule has 12 heteroatoms. The molecule has 3 aromatic rings. The Morgan fingerprint density at radius 1 is 1.00 bits per heavy atom. The van der Waals surface area contributed by atoms with Gasteiger partial charge >= 0.3 is 6.18 Å². The normalized spacial score (nSPS) is 14.0. The Morgan fingerprint density at radius 2 is 1.68 bits per heavy atom. The summed E-state index contributed by atoms with van der Waals surface area (Å²) >= 11 is 0. The maximum atomic E-state index is 13.6. The molecule has 1 saturated heterocycles. The number of H-pyrrole nitrogens is 1. The topological polar surface area (TPSA) is 98.4 Å². The van der Waals surface area contributed by atoms with Crippen molar-refractivity contribution in [1.29, 1.82) is 0 Å². The van der Waals surface area contributed by atoms with E-state index in [4.69, 9.17) is 0 Å². The van der Waals surface area contributed by atoms with Crippen molar-refractivity contribution in [3.63, 3.8) is 0 Å². The first-order valence-electron chi connectivity index (χ1n) is 11.4. The van der Waals surface area contributed by atoms with E-state index < -0.39 is 40.8 Å². The van der Waals surface area contributed by atoms with Gasteiger partial charge in [0.15, 0.2) is 0 Å². The summed E-state index contributed by atoms with van der Waals surface area (Å²) in [5.41, 5.74) is 0.621. The van der Waals surface area contributed by atoms with Gasteiger partial charge in [0.05, 0.1) is 23.4 Å². The van der Waals surface area contributed by atoms with Crippen LogP contribution in [0.15, 0.2) is 48.5 Å². The Hall–Kier alpha value is -4.22. The monoisotopic (exact) mass is 517 g/mol. The van der Waals surface area contributed by atoms with Crippen molar-refractivity contribution in [3.8, 4) is 11.3 Å². The minimum absolute atomic E-state index is 0.0351. The van der Waals surface area contributed by atoms with Crippen molar-refractivity contribution in [2.45, 2.75) is 13.1 Å². The van der Waals surface area contributed by atoms with E-state index in [1.165, 1.54) is 4.90 Å². The Labute approximate surface area is 209 Å². The summed E-state index contributed by atoms with van der Waals surface area (Å²) in [6, 6.07) is 10.9. The van der Waals surface area contributed by atoms with E-state index in [0.29, 0.717) is 23.9 Å². The highest BCUT2D eigenvalue weighted by atomic mass is 19.4. The van der Waals surface area contributed by atoms with Crippen LogP contribution in [0.4, 0.5) is 17.6 Å². The fourth-order valence-electron chi connectivity index (χ4n) is 4.07. The van der Waals surface area contributed by atoms with Gasteiger partial charge in [-0.1, -0.05) is 24.3 Å². The maximum Gasteiger partial charge on any atom is 0.417 e. The van der Waals surface area contributed by atoms with Crippen molar-refractivity contribution in [3.05, 3.63) is 76.7 Å². The fourth-order valence-corrected chi connectivity index (χ4v) is 4.07.